The number of nitrogens with zero attached hydrogens (tertiary/aromatic N) is 1. The molecule has 23 heavy (non-hydrogen) atoms. The summed E-state index contributed by atoms with van der Waals surface area (Å²) in [5.41, 5.74) is -0.555. The number of aldehydes is 1. The number of rotatable bonds is 7. The van der Waals surface area contributed by atoms with Crippen molar-refractivity contribution in [2.45, 2.75) is 58.0 Å². The molecular weight excluding hydrogens is 294 g/mol. The predicted octanol–water partition coefficient (Wildman–Crippen LogP) is 3.34. The first-order valence-corrected chi connectivity index (χ1v) is 8.47. The van der Waals surface area contributed by atoms with Crippen molar-refractivity contribution < 1.29 is 19.7 Å². The normalized spacial score (nSPS) is 24.0. The summed E-state index contributed by atoms with van der Waals surface area (Å²) in [5.74, 6) is 0.573. The molecule has 1 aromatic rings. The first-order valence-electron chi connectivity index (χ1n) is 8.47. The van der Waals surface area contributed by atoms with Crippen LogP contribution in [0.3, 0.4) is 0 Å². The first kappa shape index (κ1) is 17.7. The van der Waals surface area contributed by atoms with Gasteiger partial charge in [-0.3, -0.25) is 9.78 Å². The van der Waals surface area contributed by atoms with E-state index < -0.39 is 5.60 Å². The molecule has 0 aliphatic heterocycles. The molecule has 1 heterocycles. The van der Waals surface area contributed by atoms with Gasteiger partial charge in [-0.15, -0.1) is 0 Å². The van der Waals surface area contributed by atoms with Gasteiger partial charge < -0.3 is 14.9 Å². The Hall–Kier alpha value is -1.62. The summed E-state index contributed by atoms with van der Waals surface area (Å²) >= 11 is 0. The van der Waals surface area contributed by atoms with E-state index in [4.69, 9.17) is 4.74 Å². The Balaban J connectivity index is 2.08. The standard InChI is InChI=1S/C18H27NO4/c1-3-8-18(2,22)15-7-5-4-6-13(15)12-23-17-10-19-9-16(21)14(17)11-20/h9-11,13,15,21-22H,3-8,12H2,1-2H3. The molecule has 1 aliphatic rings. The smallest absolute Gasteiger partial charge is 0.157 e. The minimum Gasteiger partial charge on any atom is -0.505 e. The molecule has 0 amide bonds. The zero-order chi connectivity index (χ0) is 16.9. The van der Waals surface area contributed by atoms with Crippen LogP contribution in [0.15, 0.2) is 12.4 Å². The largest absolute Gasteiger partial charge is 0.505 e. The van der Waals surface area contributed by atoms with Crippen molar-refractivity contribution in [2.75, 3.05) is 6.61 Å². The third-order valence-electron chi connectivity index (χ3n) is 4.96. The quantitative estimate of drug-likeness (QED) is 0.753. The average molecular weight is 321 g/mol. The van der Waals surface area contributed by atoms with Crippen LogP contribution in [0.4, 0.5) is 0 Å². The predicted molar refractivity (Wildman–Crippen MR) is 87.8 cm³/mol. The zero-order valence-corrected chi connectivity index (χ0v) is 14.0. The molecule has 2 rings (SSSR count). The van der Waals surface area contributed by atoms with E-state index in [9.17, 15) is 15.0 Å². The van der Waals surface area contributed by atoms with E-state index in [1.165, 1.54) is 12.4 Å². The van der Waals surface area contributed by atoms with Crippen LogP contribution in [0.5, 0.6) is 11.5 Å². The second-order valence-electron chi connectivity index (χ2n) is 6.76. The summed E-state index contributed by atoms with van der Waals surface area (Å²) < 4.78 is 5.79. The lowest BCUT2D eigenvalue weighted by Crippen LogP contribution is -2.42. The van der Waals surface area contributed by atoms with Crippen LogP contribution in [-0.2, 0) is 0 Å². The molecule has 0 aromatic carbocycles. The molecule has 0 spiro atoms. The number of hydrogen-bond donors (Lipinski definition) is 2. The van der Waals surface area contributed by atoms with E-state index in [1.807, 2.05) is 6.92 Å². The molecule has 1 fully saturated rings. The maximum Gasteiger partial charge on any atom is 0.157 e. The Morgan fingerprint density at radius 2 is 2.13 bits per heavy atom. The van der Waals surface area contributed by atoms with Gasteiger partial charge in [0.2, 0.25) is 0 Å². The lowest BCUT2D eigenvalue weighted by atomic mass is 9.69. The molecule has 128 valence electrons. The van der Waals surface area contributed by atoms with Crippen molar-refractivity contribution >= 4 is 6.29 Å². The molecule has 1 saturated carbocycles. The van der Waals surface area contributed by atoms with E-state index in [-0.39, 0.29) is 23.1 Å². The second-order valence-corrected chi connectivity index (χ2v) is 6.76. The zero-order valence-electron chi connectivity index (χ0n) is 14.0. The second kappa shape index (κ2) is 7.77. The summed E-state index contributed by atoms with van der Waals surface area (Å²) in [4.78, 5) is 15.0. The number of aromatic hydroxyl groups is 1. The van der Waals surface area contributed by atoms with E-state index in [1.54, 1.807) is 0 Å². The van der Waals surface area contributed by atoms with Gasteiger partial charge in [-0.1, -0.05) is 26.2 Å². The average Bonchev–Trinajstić information content (AvgIpc) is 2.53. The van der Waals surface area contributed by atoms with Crippen LogP contribution >= 0.6 is 0 Å². The number of hydrogen-bond acceptors (Lipinski definition) is 5. The summed E-state index contributed by atoms with van der Waals surface area (Å²) in [7, 11) is 0. The van der Waals surface area contributed by atoms with Gasteiger partial charge in [-0.05, 0) is 38.0 Å². The van der Waals surface area contributed by atoms with E-state index in [2.05, 4.69) is 11.9 Å². The van der Waals surface area contributed by atoms with Gasteiger partial charge in [0.1, 0.15) is 11.3 Å². The van der Waals surface area contributed by atoms with Crippen LogP contribution in [0.25, 0.3) is 0 Å². The van der Waals surface area contributed by atoms with Crippen molar-refractivity contribution in [3.63, 3.8) is 0 Å². The molecule has 0 radical (unpaired) electrons. The van der Waals surface area contributed by atoms with E-state index in [0.717, 1.165) is 38.5 Å². The number of carbonyl (C=O) groups excluding carboxylic acids is 1. The molecule has 3 atom stereocenters. The Morgan fingerprint density at radius 3 is 2.83 bits per heavy atom. The van der Waals surface area contributed by atoms with Gasteiger partial charge in [-0.25, -0.2) is 0 Å². The first-order chi connectivity index (χ1) is 11.0. The fourth-order valence-electron chi connectivity index (χ4n) is 3.79. The topological polar surface area (TPSA) is 79.7 Å². The van der Waals surface area contributed by atoms with Gasteiger partial charge in [0.15, 0.2) is 12.0 Å². The van der Waals surface area contributed by atoms with Crippen molar-refractivity contribution in [1.82, 2.24) is 4.98 Å². The third-order valence-corrected chi connectivity index (χ3v) is 4.96. The van der Waals surface area contributed by atoms with E-state index >= 15 is 0 Å². The SMILES string of the molecule is CCCC(C)(O)C1CCCCC1COc1cncc(O)c1C=O. The molecule has 1 aliphatic carbocycles. The van der Waals surface area contributed by atoms with Gasteiger partial charge in [0, 0.05) is 0 Å². The summed E-state index contributed by atoms with van der Waals surface area (Å²) in [6, 6.07) is 0. The van der Waals surface area contributed by atoms with Crippen molar-refractivity contribution in [3.05, 3.63) is 18.0 Å². The van der Waals surface area contributed by atoms with Crippen LogP contribution in [-0.4, -0.2) is 33.7 Å². The molecule has 0 saturated heterocycles. The summed E-state index contributed by atoms with van der Waals surface area (Å²) in [5, 5.41) is 20.5. The number of aliphatic hydroxyl groups is 1. The van der Waals surface area contributed by atoms with Crippen molar-refractivity contribution in [1.29, 1.82) is 0 Å². The maximum absolute atomic E-state index is 11.1. The van der Waals surface area contributed by atoms with Crippen LogP contribution in [0.1, 0.15) is 62.7 Å². The summed E-state index contributed by atoms with van der Waals surface area (Å²) in [6.07, 6.45) is 9.26. The highest BCUT2D eigenvalue weighted by Gasteiger charge is 2.38. The highest BCUT2D eigenvalue weighted by Crippen LogP contribution is 2.40. The molecule has 1 aromatic heterocycles. The van der Waals surface area contributed by atoms with Crippen molar-refractivity contribution in [3.8, 4) is 11.5 Å². The minimum atomic E-state index is -0.687. The lowest BCUT2D eigenvalue weighted by Gasteiger charge is -2.41. The Kier molecular flexibility index (Phi) is 5.99. The van der Waals surface area contributed by atoms with Gasteiger partial charge in [0.05, 0.1) is 24.6 Å². The Morgan fingerprint density at radius 1 is 1.39 bits per heavy atom. The molecule has 5 nitrogen and oxygen atoms in total. The number of ether oxygens (including phenoxy) is 1. The molecule has 5 heteroatoms. The fourth-order valence-corrected chi connectivity index (χ4v) is 3.79. The van der Waals surface area contributed by atoms with Crippen molar-refractivity contribution in [2.24, 2.45) is 11.8 Å². The molecule has 0 bridgehead atoms. The van der Waals surface area contributed by atoms with Crippen LogP contribution < -0.4 is 4.74 Å². The fraction of sp³-hybridized carbons (Fsp3) is 0.667. The maximum atomic E-state index is 11.1. The number of carbonyl (C=O) groups is 1. The minimum absolute atomic E-state index is 0.132. The van der Waals surface area contributed by atoms with Gasteiger partial charge >= 0.3 is 0 Å². The third kappa shape index (κ3) is 4.22. The molecule has 3 unspecified atom stereocenters. The number of aromatic nitrogens is 1. The Bertz CT molecular complexity index is 530. The Labute approximate surface area is 137 Å². The number of pyridine rings is 1. The summed E-state index contributed by atoms with van der Waals surface area (Å²) in [6.45, 7) is 4.43. The highest BCUT2D eigenvalue weighted by molar-refractivity contribution is 5.82. The molecular formula is C18H27NO4. The van der Waals surface area contributed by atoms with Gasteiger partial charge in [-0.2, -0.15) is 0 Å². The molecule has 2 N–H and O–H groups in total. The van der Waals surface area contributed by atoms with Crippen LogP contribution in [0.2, 0.25) is 0 Å². The lowest BCUT2D eigenvalue weighted by molar-refractivity contribution is -0.0579. The van der Waals surface area contributed by atoms with E-state index in [0.29, 0.717) is 18.6 Å². The van der Waals surface area contributed by atoms with Crippen LogP contribution in [0, 0.1) is 11.8 Å². The van der Waals surface area contributed by atoms with Gasteiger partial charge in [0.25, 0.3) is 0 Å². The highest BCUT2D eigenvalue weighted by atomic mass is 16.5. The monoisotopic (exact) mass is 321 g/mol.